The van der Waals surface area contributed by atoms with Crippen molar-refractivity contribution in [1.29, 1.82) is 0 Å². The van der Waals surface area contributed by atoms with Crippen LogP contribution in [-0.2, 0) is 0 Å². The zero-order valence-corrected chi connectivity index (χ0v) is 7.19. The first-order valence-corrected chi connectivity index (χ1v) is 4.21. The number of nitrogens with zero attached hydrogens (tertiary/aromatic N) is 2. The summed E-state index contributed by atoms with van der Waals surface area (Å²) in [7, 11) is 0. The zero-order chi connectivity index (χ0) is 9.38. The van der Waals surface area contributed by atoms with Crippen LogP contribution in [0.15, 0.2) is 34.9 Å². The average molecular weight is 184 g/mol. The van der Waals surface area contributed by atoms with Crippen molar-refractivity contribution in [2.45, 2.75) is 0 Å². The van der Waals surface area contributed by atoms with Crippen molar-refractivity contribution in [1.82, 2.24) is 15.1 Å². The number of para-hydroxylation sites is 1. The van der Waals surface area contributed by atoms with Crippen LogP contribution in [0.25, 0.3) is 22.4 Å². The van der Waals surface area contributed by atoms with Crippen LogP contribution in [-0.4, -0.2) is 15.1 Å². The maximum Gasteiger partial charge on any atom is 0.316 e. The summed E-state index contributed by atoms with van der Waals surface area (Å²) < 4.78 is 4.56. The fourth-order valence-corrected chi connectivity index (χ4v) is 1.45. The highest BCUT2D eigenvalue weighted by molar-refractivity contribution is 5.84. The Morgan fingerprint density at radius 1 is 1.29 bits per heavy atom. The van der Waals surface area contributed by atoms with Gasteiger partial charge in [-0.25, -0.2) is 0 Å². The maximum absolute atomic E-state index is 4.56. The predicted octanol–water partition coefficient (Wildman–Crippen LogP) is 2.02. The van der Waals surface area contributed by atoms with Gasteiger partial charge in [-0.1, -0.05) is 23.4 Å². The van der Waals surface area contributed by atoms with Crippen LogP contribution in [0.3, 0.4) is 0 Å². The van der Waals surface area contributed by atoms with Crippen LogP contribution in [0.5, 0.6) is 0 Å². The summed E-state index contributed by atoms with van der Waals surface area (Å²) in [4.78, 5) is 7.04. The molecule has 2 aromatic heterocycles. The molecule has 2 heterocycles. The lowest BCUT2D eigenvalue weighted by Gasteiger charge is -1.85. The van der Waals surface area contributed by atoms with E-state index < -0.39 is 0 Å². The molecule has 0 spiro atoms. The quantitative estimate of drug-likeness (QED) is 0.629. The summed E-state index contributed by atoms with van der Waals surface area (Å²) in [6.07, 6.45) is 2.32. The maximum atomic E-state index is 4.56. The number of aromatic nitrogens is 3. The van der Waals surface area contributed by atoms with Crippen molar-refractivity contribution in [3.05, 3.63) is 36.7 Å². The van der Waals surface area contributed by atoms with Crippen molar-refractivity contribution < 1.29 is 4.52 Å². The molecular formula is C10H6N3O. The van der Waals surface area contributed by atoms with Crippen molar-refractivity contribution in [2.75, 3.05) is 0 Å². The molecule has 0 aliphatic heterocycles. The van der Waals surface area contributed by atoms with Gasteiger partial charge in [0.25, 0.3) is 0 Å². The van der Waals surface area contributed by atoms with E-state index in [-0.39, 0.29) is 0 Å². The van der Waals surface area contributed by atoms with Crippen molar-refractivity contribution in [3.63, 3.8) is 0 Å². The summed E-state index contributed by atoms with van der Waals surface area (Å²) >= 11 is 0. The lowest BCUT2D eigenvalue weighted by molar-refractivity contribution is 0.411. The van der Waals surface area contributed by atoms with Crippen LogP contribution in [0, 0.1) is 6.39 Å². The standard InChI is InChI=1S/C10H6N3O/c1-2-4-8-7(3-1)5-9(12-8)10-11-6-14-13-10/h1-5,12H. The third-order valence-electron chi connectivity index (χ3n) is 2.10. The van der Waals surface area contributed by atoms with Crippen LogP contribution in [0.1, 0.15) is 0 Å². The molecule has 67 valence electrons. The Labute approximate surface area is 79.6 Å². The Kier molecular flexibility index (Phi) is 1.41. The van der Waals surface area contributed by atoms with E-state index in [1.165, 1.54) is 0 Å². The molecule has 0 fully saturated rings. The molecule has 1 aromatic carbocycles. The van der Waals surface area contributed by atoms with E-state index in [0.717, 1.165) is 16.6 Å². The number of benzene rings is 1. The van der Waals surface area contributed by atoms with Crippen LogP contribution >= 0.6 is 0 Å². The molecule has 1 radical (unpaired) electrons. The Morgan fingerprint density at radius 2 is 2.21 bits per heavy atom. The molecule has 0 aliphatic rings. The minimum Gasteiger partial charge on any atom is -0.352 e. The summed E-state index contributed by atoms with van der Waals surface area (Å²) in [5.74, 6) is 0.529. The first-order chi connectivity index (χ1) is 6.93. The molecule has 0 saturated heterocycles. The lowest BCUT2D eigenvalue weighted by atomic mass is 10.2. The van der Waals surface area contributed by atoms with E-state index in [4.69, 9.17) is 0 Å². The van der Waals surface area contributed by atoms with Gasteiger partial charge < -0.3 is 9.51 Å². The highest BCUT2D eigenvalue weighted by atomic mass is 16.5. The summed E-state index contributed by atoms with van der Waals surface area (Å²) in [6, 6.07) is 9.98. The summed E-state index contributed by atoms with van der Waals surface area (Å²) in [5.41, 5.74) is 1.91. The molecule has 4 heteroatoms. The van der Waals surface area contributed by atoms with E-state index in [1.54, 1.807) is 0 Å². The molecule has 0 amide bonds. The lowest BCUT2D eigenvalue weighted by Crippen LogP contribution is -1.77. The van der Waals surface area contributed by atoms with Gasteiger partial charge in [0.1, 0.15) is 0 Å². The van der Waals surface area contributed by atoms with Gasteiger partial charge in [-0.3, -0.25) is 0 Å². The van der Waals surface area contributed by atoms with Gasteiger partial charge in [-0.05, 0) is 12.1 Å². The normalized spacial score (nSPS) is 10.9. The van der Waals surface area contributed by atoms with E-state index in [0.29, 0.717) is 5.82 Å². The van der Waals surface area contributed by atoms with Gasteiger partial charge in [-0.15, -0.1) is 0 Å². The van der Waals surface area contributed by atoms with Crippen molar-refractivity contribution in [3.8, 4) is 11.5 Å². The number of aromatic amines is 1. The largest absolute Gasteiger partial charge is 0.352 e. The van der Waals surface area contributed by atoms with Crippen LogP contribution < -0.4 is 0 Å². The van der Waals surface area contributed by atoms with Gasteiger partial charge >= 0.3 is 6.39 Å². The smallest absolute Gasteiger partial charge is 0.316 e. The van der Waals surface area contributed by atoms with E-state index in [9.17, 15) is 0 Å². The average Bonchev–Trinajstić information content (AvgIpc) is 2.86. The molecule has 0 aliphatic carbocycles. The molecule has 4 nitrogen and oxygen atoms in total. The first kappa shape index (κ1) is 7.32. The second kappa shape index (κ2) is 2.70. The molecule has 0 unspecified atom stereocenters. The van der Waals surface area contributed by atoms with Crippen molar-refractivity contribution in [2.24, 2.45) is 0 Å². The second-order valence-corrected chi connectivity index (χ2v) is 2.98. The molecule has 3 rings (SSSR count). The summed E-state index contributed by atoms with van der Waals surface area (Å²) in [5, 5.41) is 4.84. The highest BCUT2D eigenvalue weighted by Gasteiger charge is 2.06. The van der Waals surface area contributed by atoms with Gasteiger partial charge in [0.15, 0.2) is 0 Å². The number of hydrogen-bond acceptors (Lipinski definition) is 3. The minimum absolute atomic E-state index is 0.529. The SMILES string of the molecule is [c]1nc(-c2cc3ccccc3[nH]2)no1. The second-order valence-electron chi connectivity index (χ2n) is 2.98. The van der Waals surface area contributed by atoms with Crippen LogP contribution in [0.2, 0.25) is 0 Å². The number of hydrogen-bond donors (Lipinski definition) is 1. The molecule has 1 N–H and O–H groups in total. The third kappa shape index (κ3) is 1.01. The Hall–Kier alpha value is -2.10. The van der Waals surface area contributed by atoms with Gasteiger partial charge in [0, 0.05) is 10.9 Å². The fourth-order valence-electron chi connectivity index (χ4n) is 1.45. The Balaban J connectivity index is 2.24. The highest BCUT2D eigenvalue weighted by Crippen LogP contribution is 2.20. The zero-order valence-electron chi connectivity index (χ0n) is 7.19. The molecule has 0 saturated carbocycles. The predicted molar refractivity (Wildman–Crippen MR) is 50.4 cm³/mol. The molecular weight excluding hydrogens is 178 g/mol. The van der Waals surface area contributed by atoms with E-state index in [2.05, 4.69) is 26.0 Å². The molecule has 3 aromatic rings. The third-order valence-corrected chi connectivity index (χ3v) is 2.10. The number of rotatable bonds is 1. The first-order valence-electron chi connectivity index (χ1n) is 4.21. The summed E-state index contributed by atoms with van der Waals surface area (Å²) in [6.45, 7) is 0. The Bertz CT molecular complexity index is 521. The monoisotopic (exact) mass is 184 g/mol. The number of H-pyrrole nitrogens is 1. The van der Waals surface area contributed by atoms with Gasteiger partial charge in [-0.2, -0.15) is 4.98 Å². The molecule has 0 bridgehead atoms. The number of fused-ring (bicyclic) bond motifs is 1. The minimum atomic E-state index is 0.529. The van der Waals surface area contributed by atoms with Crippen LogP contribution in [0.4, 0.5) is 0 Å². The Morgan fingerprint density at radius 3 is 3.00 bits per heavy atom. The van der Waals surface area contributed by atoms with Gasteiger partial charge in [0.05, 0.1) is 5.69 Å². The van der Waals surface area contributed by atoms with Gasteiger partial charge in [0.2, 0.25) is 5.82 Å². The molecule has 0 atom stereocenters. The van der Waals surface area contributed by atoms with Crippen molar-refractivity contribution >= 4 is 10.9 Å². The van der Waals surface area contributed by atoms with E-state index in [1.807, 2.05) is 30.3 Å². The fraction of sp³-hybridized carbons (Fsp3) is 0. The number of nitrogens with one attached hydrogen (secondary N) is 1. The topological polar surface area (TPSA) is 54.7 Å². The molecule has 14 heavy (non-hydrogen) atoms. The van der Waals surface area contributed by atoms with E-state index >= 15 is 0 Å².